The number of carbonyl (C=O) groups is 2. The Hall–Kier alpha value is -1.26. The van der Waals surface area contributed by atoms with Crippen LogP contribution in [0.3, 0.4) is 0 Å². The van der Waals surface area contributed by atoms with E-state index in [9.17, 15) is 9.59 Å². The number of hydrogen-bond donors (Lipinski definition) is 2. The maximum atomic E-state index is 11.7. The van der Waals surface area contributed by atoms with Gasteiger partial charge < -0.3 is 15.3 Å². The molecule has 2 saturated carbocycles. The third-order valence-corrected chi connectivity index (χ3v) is 3.27. The Kier molecular flexibility index (Phi) is 3.03. The molecule has 2 aliphatic carbocycles. The van der Waals surface area contributed by atoms with Gasteiger partial charge in [0.1, 0.15) is 6.54 Å². The number of aliphatic carboxylic acids is 1. The van der Waals surface area contributed by atoms with Crippen LogP contribution in [0.5, 0.6) is 0 Å². The maximum Gasteiger partial charge on any atom is 0.323 e. The lowest BCUT2D eigenvalue weighted by Crippen LogP contribution is -2.46. The SMILES string of the molecule is CN(CC(=O)O)C(=O)NC(C1CC1)C1CC1. The highest BCUT2D eigenvalue weighted by Crippen LogP contribution is 2.44. The molecule has 0 spiro atoms. The quantitative estimate of drug-likeness (QED) is 0.731. The molecule has 0 saturated heterocycles. The van der Waals surface area contributed by atoms with Crippen LogP contribution in [0.15, 0.2) is 0 Å². The van der Waals surface area contributed by atoms with Crippen LogP contribution >= 0.6 is 0 Å². The van der Waals surface area contributed by atoms with Crippen LogP contribution < -0.4 is 5.32 Å². The van der Waals surface area contributed by atoms with Crippen LogP contribution in [0.2, 0.25) is 0 Å². The molecule has 2 rings (SSSR count). The van der Waals surface area contributed by atoms with E-state index in [2.05, 4.69) is 5.32 Å². The van der Waals surface area contributed by atoms with Gasteiger partial charge in [-0.15, -0.1) is 0 Å². The zero-order chi connectivity index (χ0) is 11.7. The van der Waals surface area contributed by atoms with Crippen molar-refractivity contribution in [3.63, 3.8) is 0 Å². The predicted octanol–water partition coefficient (Wildman–Crippen LogP) is 0.901. The van der Waals surface area contributed by atoms with E-state index in [1.165, 1.54) is 37.6 Å². The molecule has 0 aromatic rings. The van der Waals surface area contributed by atoms with Gasteiger partial charge in [0.2, 0.25) is 0 Å². The van der Waals surface area contributed by atoms with Gasteiger partial charge in [-0.3, -0.25) is 4.79 Å². The van der Waals surface area contributed by atoms with Crippen LogP contribution in [0.25, 0.3) is 0 Å². The minimum Gasteiger partial charge on any atom is -0.480 e. The number of nitrogens with one attached hydrogen (secondary N) is 1. The highest BCUT2D eigenvalue weighted by Gasteiger charge is 2.42. The largest absolute Gasteiger partial charge is 0.480 e. The van der Waals surface area contributed by atoms with Gasteiger partial charge in [-0.05, 0) is 37.5 Å². The Morgan fingerprint density at radius 3 is 2.19 bits per heavy atom. The predicted molar refractivity (Wildman–Crippen MR) is 58.0 cm³/mol. The topological polar surface area (TPSA) is 69.6 Å². The van der Waals surface area contributed by atoms with Gasteiger partial charge in [-0.25, -0.2) is 4.79 Å². The van der Waals surface area contributed by atoms with Crippen molar-refractivity contribution in [3.8, 4) is 0 Å². The van der Waals surface area contributed by atoms with Gasteiger partial charge in [0.15, 0.2) is 0 Å². The summed E-state index contributed by atoms with van der Waals surface area (Å²) in [7, 11) is 1.51. The molecule has 16 heavy (non-hydrogen) atoms. The Labute approximate surface area is 94.8 Å². The number of amides is 2. The summed E-state index contributed by atoms with van der Waals surface area (Å²) in [4.78, 5) is 23.4. The molecule has 0 aromatic carbocycles. The van der Waals surface area contributed by atoms with E-state index in [1.807, 2.05) is 0 Å². The fraction of sp³-hybridized carbons (Fsp3) is 0.818. The zero-order valence-electron chi connectivity index (χ0n) is 9.48. The van der Waals surface area contributed by atoms with Gasteiger partial charge >= 0.3 is 12.0 Å². The Morgan fingerprint density at radius 2 is 1.81 bits per heavy atom. The van der Waals surface area contributed by atoms with Crippen LogP contribution in [0.4, 0.5) is 4.79 Å². The molecule has 2 aliphatic rings. The average Bonchev–Trinajstić information content (AvgIpc) is 3.03. The number of carboxylic acids is 1. The maximum absolute atomic E-state index is 11.7. The van der Waals surface area contributed by atoms with Gasteiger partial charge in [0.05, 0.1) is 0 Å². The van der Waals surface area contributed by atoms with Crippen molar-refractivity contribution in [1.29, 1.82) is 0 Å². The van der Waals surface area contributed by atoms with Gasteiger partial charge in [0, 0.05) is 13.1 Å². The van der Waals surface area contributed by atoms with Gasteiger partial charge in [0.25, 0.3) is 0 Å². The number of nitrogens with zero attached hydrogens (tertiary/aromatic N) is 1. The minimum atomic E-state index is -0.980. The molecule has 0 aliphatic heterocycles. The number of hydrogen-bond acceptors (Lipinski definition) is 2. The smallest absolute Gasteiger partial charge is 0.323 e. The van der Waals surface area contributed by atoms with Crippen molar-refractivity contribution in [2.24, 2.45) is 11.8 Å². The number of urea groups is 1. The van der Waals surface area contributed by atoms with E-state index in [4.69, 9.17) is 5.11 Å². The second-order valence-electron chi connectivity index (χ2n) is 4.90. The molecule has 2 amide bonds. The Morgan fingerprint density at radius 1 is 1.31 bits per heavy atom. The Balaban J connectivity index is 1.82. The zero-order valence-corrected chi connectivity index (χ0v) is 9.48. The molecule has 0 bridgehead atoms. The summed E-state index contributed by atoms with van der Waals surface area (Å²) < 4.78 is 0. The number of rotatable bonds is 5. The van der Waals surface area contributed by atoms with Crippen LogP contribution in [-0.2, 0) is 4.79 Å². The lowest BCUT2D eigenvalue weighted by atomic mass is 10.1. The molecule has 0 heterocycles. The molecule has 0 radical (unpaired) electrons. The van der Waals surface area contributed by atoms with Crippen molar-refractivity contribution in [1.82, 2.24) is 10.2 Å². The number of carbonyl (C=O) groups excluding carboxylic acids is 1. The second kappa shape index (κ2) is 4.31. The van der Waals surface area contributed by atoms with Crippen LogP contribution in [-0.4, -0.2) is 41.6 Å². The summed E-state index contributed by atoms with van der Waals surface area (Å²) in [5, 5.41) is 11.6. The fourth-order valence-corrected chi connectivity index (χ4v) is 2.06. The molecule has 0 unspecified atom stereocenters. The molecule has 5 nitrogen and oxygen atoms in total. The summed E-state index contributed by atoms with van der Waals surface area (Å²) in [6, 6.07) is 0.0231. The lowest BCUT2D eigenvalue weighted by molar-refractivity contribution is -0.137. The average molecular weight is 226 g/mol. The molecule has 2 fully saturated rings. The molecule has 2 N–H and O–H groups in total. The summed E-state index contributed by atoms with van der Waals surface area (Å²) in [5.74, 6) is 0.288. The highest BCUT2D eigenvalue weighted by atomic mass is 16.4. The minimum absolute atomic E-state index is 0.242. The second-order valence-corrected chi connectivity index (χ2v) is 4.90. The van der Waals surface area contributed by atoms with Crippen LogP contribution in [0, 0.1) is 11.8 Å². The van der Waals surface area contributed by atoms with Crippen molar-refractivity contribution >= 4 is 12.0 Å². The first-order valence-electron chi connectivity index (χ1n) is 5.81. The molecular weight excluding hydrogens is 208 g/mol. The molecule has 0 atom stereocenters. The molecular formula is C11H18N2O3. The van der Waals surface area contributed by atoms with E-state index >= 15 is 0 Å². The van der Waals surface area contributed by atoms with Crippen LogP contribution in [0.1, 0.15) is 25.7 Å². The molecule has 0 aromatic heterocycles. The lowest BCUT2D eigenvalue weighted by Gasteiger charge is -2.22. The monoisotopic (exact) mass is 226 g/mol. The van der Waals surface area contributed by atoms with Crippen molar-refractivity contribution in [2.45, 2.75) is 31.7 Å². The third kappa shape index (κ3) is 2.87. The molecule has 5 heteroatoms. The number of carboxylic acid groups (broad SMARTS) is 1. The normalized spacial score (nSPS) is 19.6. The van der Waals surface area contributed by atoms with E-state index in [0.717, 1.165) is 0 Å². The highest BCUT2D eigenvalue weighted by molar-refractivity contribution is 5.80. The van der Waals surface area contributed by atoms with Gasteiger partial charge in [-0.2, -0.15) is 0 Å². The Bertz CT molecular complexity index is 286. The van der Waals surface area contributed by atoms with Crippen molar-refractivity contribution in [2.75, 3.05) is 13.6 Å². The summed E-state index contributed by atoms with van der Waals surface area (Å²) in [5.41, 5.74) is 0. The molecule has 90 valence electrons. The fourth-order valence-electron chi connectivity index (χ4n) is 2.06. The van der Waals surface area contributed by atoms with Gasteiger partial charge in [-0.1, -0.05) is 0 Å². The summed E-state index contributed by atoms with van der Waals surface area (Å²) in [6.45, 7) is -0.242. The first-order chi connectivity index (χ1) is 7.58. The van der Waals surface area contributed by atoms with E-state index in [-0.39, 0.29) is 18.6 Å². The third-order valence-electron chi connectivity index (χ3n) is 3.27. The summed E-state index contributed by atoms with van der Waals surface area (Å²) in [6.07, 6.45) is 4.79. The first kappa shape index (κ1) is 11.2. The summed E-state index contributed by atoms with van der Waals surface area (Å²) >= 11 is 0. The first-order valence-corrected chi connectivity index (χ1v) is 5.81. The van der Waals surface area contributed by atoms with Crippen molar-refractivity contribution < 1.29 is 14.7 Å². The standard InChI is InChI=1S/C11H18N2O3/c1-13(6-9(14)15)11(16)12-10(7-2-3-7)8-4-5-8/h7-8,10H,2-6H2,1H3,(H,12,16)(H,14,15). The van der Waals surface area contributed by atoms with E-state index < -0.39 is 5.97 Å². The van der Waals surface area contributed by atoms with E-state index in [0.29, 0.717) is 11.8 Å². The van der Waals surface area contributed by atoms with Crippen molar-refractivity contribution in [3.05, 3.63) is 0 Å². The number of likely N-dealkylation sites (N-methyl/N-ethyl adjacent to an activating group) is 1. The van der Waals surface area contributed by atoms with E-state index in [1.54, 1.807) is 0 Å².